The third-order valence-corrected chi connectivity index (χ3v) is 5.01. The number of morpholine rings is 1. The molecule has 22 heavy (non-hydrogen) atoms. The zero-order valence-corrected chi connectivity index (χ0v) is 15.7. The summed E-state index contributed by atoms with van der Waals surface area (Å²) in [6, 6.07) is 8.38. The Morgan fingerprint density at radius 3 is 2.73 bits per heavy atom. The SMILES string of the molecule is CC1CN(C(N)=NCCS(=O)(=O)c2ccccc2)CCO1.I. The fourth-order valence-electron chi connectivity index (χ4n) is 2.15. The van der Waals surface area contributed by atoms with Gasteiger partial charge in [-0.2, -0.15) is 0 Å². The number of nitrogens with zero attached hydrogens (tertiary/aromatic N) is 2. The normalized spacial score (nSPS) is 19.6. The van der Waals surface area contributed by atoms with Crippen molar-refractivity contribution in [2.45, 2.75) is 17.9 Å². The Hall–Kier alpha value is -0.870. The van der Waals surface area contributed by atoms with E-state index in [9.17, 15) is 8.42 Å². The summed E-state index contributed by atoms with van der Waals surface area (Å²) in [6.07, 6.45) is 0.112. The summed E-state index contributed by atoms with van der Waals surface area (Å²) in [4.78, 5) is 6.42. The second kappa shape index (κ2) is 8.68. The first kappa shape index (κ1) is 19.2. The van der Waals surface area contributed by atoms with Gasteiger partial charge in [0.15, 0.2) is 15.8 Å². The summed E-state index contributed by atoms with van der Waals surface area (Å²) in [5.41, 5.74) is 5.90. The van der Waals surface area contributed by atoms with Crippen molar-refractivity contribution in [1.29, 1.82) is 0 Å². The van der Waals surface area contributed by atoms with Gasteiger partial charge in [0.1, 0.15) is 0 Å². The van der Waals surface area contributed by atoms with Crippen LogP contribution in [-0.2, 0) is 14.6 Å². The molecule has 1 saturated heterocycles. The Labute approximate surface area is 148 Å². The van der Waals surface area contributed by atoms with Crippen molar-refractivity contribution in [2.24, 2.45) is 10.7 Å². The van der Waals surface area contributed by atoms with Crippen LogP contribution >= 0.6 is 24.0 Å². The molecule has 1 aromatic carbocycles. The van der Waals surface area contributed by atoms with Crippen molar-refractivity contribution < 1.29 is 13.2 Å². The monoisotopic (exact) mass is 439 g/mol. The van der Waals surface area contributed by atoms with Gasteiger partial charge in [-0.3, -0.25) is 4.99 Å². The number of benzene rings is 1. The molecule has 0 bridgehead atoms. The van der Waals surface area contributed by atoms with Crippen molar-refractivity contribution in [3.05, 3.63) is 30.3 Å². The average Bonchev–Trinajstić information content (AvgIpc) is 2.48. The lowest BCUT2D eigenvalue weighted by Gasteiger charge is -2.31. The van der Waals surface area contributed by atoms with Gasteiger partial charge in [-0.25, -0.2) is 8.42 Å². The lowest BCUT2D eigenvalue weighted by atomic mass is 10.3. The average molecular weight is 439 g/mol. The topological polar surface area (TPSA) is 85.0 Å². The quantitative estimate of drug-likeness (QED) is 0.432. The molecule has 2 N–H and O–H groups in total. The standard InChI is InChI=1S/C14H21N3O3S.HI/c1-12-11-17(8-9-20-12)14(15)16-7-10-21(18,19)13-5-3-2-4-6-13;/h2-6,12H,7-11H2,1H3,(H2,15,16);1H. The first-order chi connectivity index (χ1) is 9.99. The molecule has 124 valence electrons. The fraction of sp³-hybridized carbons (Fsp3) is 0.500. The molecule has 1 unspecified atom stereocenters. The zero-order valence-electron chi connectivity index (χ0n) is 12.5. The number of halogens is 1. The van der Waals surface area contributed by atoms with E-state index in [2.05, 4.69) is 4.99 Å². The van der Waals surface area contributed by atoms with Crippen LogP contribution in [0.3, 0.4) is 0 Å². The highest BCUT2D eigenvalue weighted by Crippen LogP contribution is 2.10. The minimum atomic E-state index is -3.30. The highest BCUT2D eigenvalue weighted by Gasteiger charge is 2.18. The van der Waals surface area contributed by atoms with E-state index in [0.29, 0.717) is 30.6 Å². The highest BCUT2D eigenvalue weighted by atomic mass is 127. The molecule has 1 fully saturated rings. The molecule has 1 aromatic rings. The van der Waals surface area contributed by atoms with Gasteiger partial charge in [0.2, 0.25) is 0 Å². The summed E-state index contributed by atoms with van der Waals surface area (Å²) in [6.45, 7) is 4.11. The van der Waals surface area contributed by atoms with Crippen LogP contribution in [0, 0.1) is 0 Å². The maximum absolute atomic E-state index is 12.1. The van der Waals surface area contributed by atoms with E-state index in [-0.39, 0.29) is 42.4 Å². The number of sulfone groups is 1. The largest absolute Gasteiger partial charge is 0.375 e. The third-order valence-electron chi connectivity index (χ3n) is 3.30. The molecule has 6 nitrogen and oxygen atoms in total. The number of hydrogen-bond donors (Lipinski definition) is 1. The van der Waals surface area contributed by atoms with E-state index < -0.39 is 9.84 Å². The van der Waals surface area contributed by atoms with E-state index in [1.165, 1.54) is 0 Å². The van der Waals surface area contributed by atoms with E-state index in [0.717, 1.165) is 0 Å². The Kier molecular flexibility index (Phi) is 7.57. The molecular formula is C14H22IN3O3S. The number of hydrogen-bond acceptors (Lipinski definition) is 4. The molecule has 0 spiro atoms. The van der Waals surface area contributed by atoms with E-state index in [1.54, 1.807) is 30.3 Å². The van der Waals surface area contributed by atoms with Crippen LogP contribution in [0.4, 0.5) is 0 Å². The maximum atomic E-state index is 12.1. The van der Waals surface area contributed by atoms with Gasteiger partial charge >= 0.3 is 0 Å². The Morgan fingerprint density at radius 1 is 1.41 bits per heavy atom. The number of guanidine groups is 1. The zero-order chi connectivity index (χ0) is 15.3. The van der Waals surface area contributed by atoms with Crippen molar-refractivity contribution in [3.8, 4) is 0 Å². The van der Waals surface area contributed by atoms with Gasteiger partial charge in [0, 0.05) is 13.1 Å². The van der Waals surface area contributed by atoms with Gasteiger partial charge in [0.25, 0.3) is 0 Å². The van der Waals surface area contributed by atoms with Crippen LogP contribution in [0.5, 0.6) is 0 Å². The van der Waals surface area contributed by atoms with Crippen LogP contribution in [0.2, 0.25) is 0 Å². The van der Waals surface area contributed by atoms with Crippen LogP contribution in [-0.4, -0.2) is 57.4 Å². The lowest BCUT2D eigenvalue weighted by molar-refractivity contribution is 0.00531. The molecule has 1 heterocycles. The summed E-state index contributed by atoms with van der Waals surface area (Å²) in [5.74, 6) is 0.339. The number of rotatable bonds is 4. The molecule has 1 aliphatic heterocycles. The Morgan fingerprint density at radius 2 is 2.09 bits per heavy atom. The van der Waals surface area contributed by atoms with Crippen molar-refractivity contribution in [3.63, 3.8) is 0 Å². The lowest BCUT2D eigenvalue weighted by Crippen LogP contribution is -2.48. The smallest absolute Gasteiger partial charge is 0.191 e. The number of nitrogens with two attached hydrogens (primary N) is 1. The van der Waals surface area contributed by atoms with Crippen LogP contribution in [0.15, 0.2) is 40.2 Å². The second-order valence-corrected chi connectivity index (χ2v) is 7.11. The predicted octanol–water partition coefficient (Wildman–Crippen LogP) is 1.11. The van der Waals surface area contributed by atoms with Crippen molar-refractivity contribution in [2.75, 3.05) is 32.0 Å². The maximum Gasteiger partial charge on any atom is 0.191 e. The molecule has 0 radical (unpaired) electrons. The van der Waals surface area contributed by atoms with E-state index >= 15 is 0 Å². The molecule has 0 amide bonds. The first-order valence-corrected chi connectivity index (χ1v) is 8.58. The molecule has 1 atom stereocenters. The molecule has 2 rings (SSSR count). The van der Waals surface area contributed by atoms with Gasteiger partial charge < -0.3 is 15.4 Å². The summed E-state index contributed by atoms with van der Waals surface area (Å²) in [5, 5.41) is 0. The Bertz CT molecular complexity index is 593. The third kappa shape index (κ3) is 5.40. The molecular weight excluding hydrogens is 417 g/mol. The van der Waals surface area contributed by atoms with Gasteiger partial charge in [-0.05, 0) is 19.1 Å². The Balaban J connectivity index is 0.00000242. The highest BCUT2D eigenvalue weighted by molar-refractivity contribution is 14.0. The van der Waals surface area contributed by atoms with E-state index in [4.69, 9.17) is 10.5 Å². The fourth-order valence-corrected chi connectivity index (χ4v) is 3.29. The number of aliphatic imine (C=N–C) groups is 1. The summed E-state index contributed by atoms with van der Waals surface area (Å²) < 4.78 is 29.6. The molecule has 0 aliphatic carbocycles. The van der Waals surface area contributed by atoms with Crippen LogP contribution in [0.25, 0.3) is 0 Å². The first-order valence-electron chi connectivity index (χ1n) is 6.93. The number of ether oxygens (including phenoxy) is 1. The van der Waals surface area contributed by atoms with Crippen LogP contribution < -0.4 is 5.73 Å². The van der Waals surface area contributed by atoms with Gasteiger partial charge in [-0.15, -0.1) is 24.0 Å². The molecule has 1 aliphatic rings. The second-order valence-electron chi connectivity index (χ2n) is 5.00. The van der Waals surface area contributed by atoms with Gasteiger partial charge in [-0.1, -0.05) is 18.2 Å². The van der Waals surface area contributed by atoms with Crippen LogP contribution in [0.1, 0.15) is 6.92 Å². The van der Waals surface area contributed by atoms with Crippen molar-refractivity contribution in [1.82, 2.24) is 4.90 Å². The van der Waals surface area contributed by atoms with Crippen molar-refractivity contribution >= 4 is 39.8 Å². The van der Waals surface area contributed by atoms with E-state index in [1.807, 2.05) is 11.8 Å². The predicted molar refractivity (Wildman–Crippen MR) is 97.4 cm³/mol. The minimum Gasteiger partial charge on any atom is -0.375 e. The molecule has 0 saturated carbocycles. The molecule has 0 aromatic heterocycles. The van der Waals surface area contributed by atoms with Gasteiger partial charge in [0.05, 0.1) is 29.9 Å². The molecule has 8 heteroatoms. The summed E-state index contributed by atoms with van der Waals surface area (Å²) >= 11 is 0. The minimum absolute atomic E-state index is 0. The summed E-state index contributed by atoms with van der Waals surface area (Å²) in [7, 11) is -3.30.